The third kappa shape index (κ3) is 6.49. The minimum absolute atomic E-state index is 0.206. The number of hydrogen-bond donors (Lipinski definition) is 1. The van der Waals surface area contributed by atoms with Gasteiger partial charge in [-0.05, 0) is 43.9 Å². The summed E-state index contributed by atoms with van der Waals surface area (Å²) in [5, 5.41) is 7.13. The van der Waals surface area contributed by atoms with E-state index in [4.69, 9.17) is 0 Å². The van der Waals surface area contributed by atoms with E-state index in [-0.39, 0.29) is 6.61 Å². The van der Waals surface area contributed by atoms with Crippen molar-refractivity contribution in [3.63, 3.8) is 0 Å². The number of carbonyl (C=O) groups is 1. The van der Waals surface area contributed by atoms with Crippen LogP contribution in [0.5, 0.6) is 0 Å². The molecule has 2 heterocycles. The molecule has 1 aliphatic heterocycles. The fourth-order valence-corrected chi connectivity index (χ4v) is 4.23. The van der Waals surface area contributed by atoms with Gasteiger partial charge < -0.3 is 9.64 Å². The molecular weight excluding hydrogens is 546 g/mol. The van der Waals surface area contributed by atoms with Gasteiger partial charge in [0, 0.05) is 25.0 Å². The molecule has 0 spiro atoms. The molecule has 1 aromatic carbocycles. The number of aryl methyl sites for hydroxylation is 1. The van der Waals surface area contributed by atoms with E-state index < -0.39 is 56.3 Å². The molecule has 1 aromatic heterocycles. The summed E-state index contributed by atoms with van der Waals surface area (Å²) in [5.41, 5.74) is -8.14. The van der Waals surface area contributed by atoms with Gasteiger partial charge in [-0.2, -0.15) is 34.8 Å². The number of rotatable bonds is 8. The SMILES string of the molecule is CCCN1CCCc2cc(N=Nc3ncc(C(=O)OCC)c(C(F)(F)F)n3)c(NS(=O)(=O)C(F)(F)F)cc21. The van der Waals surface area contributed by atoms with Gasteiger partial charge in [-0.15, -0.1) is 10.2 Å². The van der Waals surface area contributed by atoms with Crippen molar-refractivity contribution in [1.82, 2.24) is 9.97 Å². The molecule has 0 bridgehead atoms. The molecule has 3 rings (SSSR count). The maximum atomic E-state index is 13.5. The average molecular weight is 569 g/mol. The number of esters is 1. The maximum absolute atomic E-state index is 13.5. The van der Waals surface area contributed by atoms with Crippen LogP contribution in [0, 0.1) is 0 Å². The van der Waals surface area contributed by atoms with Crippen LogP contribution in [-0.4, -0.2) is 49.6 Å². The first-order valence-corrected chi connectivity index (χ1v) is 12.7. The number of aromatic nitrogens is 2. The van der Waals surface area contributed by atoms with E-state index in [1.807, 2.05) is 11.8 Å². The Kier molecular flexibility index (Phi) is 8.48. The Morgan fingerprint density at radius 1 is 1.16 bits per heavy atom. The minimum atomic E-state index is -5.86. The first-order chi connectivity index (χ1) is 17.7. The molecule has 10 nitrogen and oxygen atoms in total. The van der Waals surface area contributed by atoms with Gasteiger partial charge in [-0.25, -0.2) is 14.8 Å². The number of ether oxygens (including phenoxy) is 1. The number of sulfonamides is 1. The number of fused-ring (bicyclic) bond motifs is 1. The first kappa shape index (κ1) is 29.1. The van der Waals surface area contributed by atoms with E-state index in [1.54, 1.807) is 0 Å². The predicted octanol–water partition coefficient (Wildman–Crippen LogP) is 5.51. The molecule has 0 atom stereocenters. The van der Waals surface area contributed by atoms with Gasteiger partial charge in [0.1, 0.15) is 11.3 Å². The number of hydrogen-bond acceptors (Lipinski definition) is 9. The van der Waals surface area contributed by atoms with Crippen molar-refractivity contribution in [3.8, 4) is 0 Å². The molecule has 208 valence electrons. The van der Waals surface area contributed by atoms with Crippen LogP contribution in [0.15, 0.2) is 28.6 Å². The number of azo groups is 1. The molecule has 0 fully saturated rings. The van der Waals surface area contributed by atoms with Crippen molar-refractivity contribution in [2.24, 2.45) is 10.2 Å². The van der Waals surface area contributed by atoms with Crippen molar-refractivity contribution in [3.05, 3.63) is 35.2 Å². The maximum Gasteiger partial charge on any atom is 0.516 e. The van der Waals surface area contributed by atoms with Crippen LogP contribution in [0.4, 0.5) is 49.4 Å². The second-order valence-electron chi connectivity index (χ2n) is 7.99. The molecule has 2 aromatic rings. The lowest BCUT2D eigenvalue weighted by Gasteiger charge is -2.32. The summed E-state index contributed by atoms with van der Waals surface area (Å²) >= 11 is 0. The van der Waals surface area contributed by atoms with E-state index in [9.17, 15) is 39.6 Å². The highest BCUT2D eigenvalue weighted by Gasteiger charge is 2.46. The molecule has 0 saturated carbocycles. The van der Waals surface area contributed by atoms with Crippen molar-refractivity contribution >= 4 is 39.0 Å². The van der Waals surface area contributed by atoms with Crippen molar-refractivity contribution in [2.75, 3.05) is 29.3 Å². The molecule has 0 radical (unpaired) electrons. The van der Waals surface area contributed by atoms with Crippen molar-refractivity contribution in [1.29, 1.82) is 0 Å². The number of nitrogens with zero attached hydrogens (tertiary/aromatic N) is 5. The van der Waals surface area contributed by atoms with Crippen LogP contribution < -0.4 is 9.62 Å². The Hall–Kier alpha value is -3.50. The summed E-state index contributed by atoms with van der Waals surface area (Å²) < 4.78 is 109. The van der Waals surface area contributed by atoms with E-state index >= 15 is 0 Å². The van der Waals surface area contributed by atoms with E-state index in [2.05, 4.69) is 24.9 Å². The highest BCUT2D eigenvalue weighted by Crippen LogP contribution is 2.39. The second kappa shape index (κ2) is 11.1. The van der Waals surface area contributed by atoms with Crippen molar-refractivity contribution in [2.45, 2.75) is 44.8 Å². The van der Waals surface area contributed by atoms with Gasteiger partial charge in [0.25, 0.3) is 5.95 Å². The van der Waals surface area contributed by atoms with Gasteiger partial charge in [-0.1, -0.05) is 6.92 Å². The molecule has 0 amide bonds. The fourth-order valence-electron chi connectivity index (χ4n) is 3.66. The zero-order valence-corrected chi connectivity index (χ0v) is 20.8. The van der Waals surface area contributed by atoms with Crippen LogP contribution in [0.25, 0.3) is 0 Å². The molecule has 38 heavy (non-hydrogen) atoms. The molecule has 1 aliphatic rings. The Morgan fingerprint density at radius 3 is 2.47 bits per heavy atom. The first-order valence-electron chi connectivity index (χ1n) is 11.2. The van der Waals surface area contributed by atoms with Gasteiger partial charge in [0.15, 0.2) is 5.69 Å². The zero-order chi connectivity index (χ0) is 28.3. The quantitative estimate of drug-likeness (QED) is 0.253. The summed E-state index contributed by atoms with van der Waals surface area (Å²) in [5.74, 6) is -2.20. The third-order valence-electron chi connectivity index (χ3n) is 5.24. The van der Waals surface area contributed by atoms with Crippen molar-refractivity contribution < 1.29 is 44.3 Å². The highest BCUT2D eigenvalue weighted by atomic mass is 32.2. The van der Waals surface area contributed by atoms with Gasteiger partial charge in [0.2, 0.25) is 0 Å². The normalized spacial score (nSPS) is 14.5. The lowest BCUT2D eigenvalue weighted by Crippen LogP contribution is -2.31. The van der Waals surface area contributed by atoms with Crippen LogP contribution in [-0.2, 0) is 27.4 Å². The second-order valence-corrected chi connectivity index (χ2v) is 9.66. The summed E-state index contributed by atoms with van der Waals surface area (Å²) in [7, 11) is -5.86. The van der Waals surface area contributed by atoms with Gasteiger partial charge in [0.05, 0.1) is 12.3 Å². The Balaban J connectivity index is 2.10. The standard InChI is InChI=1S/C21H22F6N6O4S/c1-3-7-33-8-5-6-12-9-14(15(10-16(12)33)32-38(35,36)21(25,26)27)30-31-19-28-11-13(18(34)37-4-2)17(29-19)20(22,23)24/h9-11,32H,3-8H2,1-2H3. The van der Waals surface area contributed by atoms with Crippen LogP contribution in [0.3, 0.4) is 0 Å². The Bertz CT molecular complexity index is 1330. The van der Waals surface area contributed by atoms with E-state index in [0.717, 1.165) is 0 Å². The van der Waals surface area contributed by atoms with Crippen LogP contribution in [0.1, 0.15) is 48.3 Å². The lowest BCUT2D eigenvalue weighted by molar-refractivity contribution is -0.141. The Labute approximate surface area is 213 Å². The lowest BCUT2D eigenvalue weighted by atomic mass is 10.00. The molecule has 1 N–H and O–H groups in total. The van der Waals surface area contributed by atoms with E-state index in [1.165, 1.54) is 23.8 Å². The molecule has 0 unspecified atom stereocenters. The number of benzene rings is 1. The van der Waals surface area contributed by atoms with Crippen LogP contribution in [0.2, 0.25) is 0 Å². The monoisotopic (exact) mass is 568 g/mol. The van der Waals surface area contributed by atoms with E-state index in [0.29, 0.717) is 49.8 Å². The molecular formula is C21H22F6N6O4S. The predicted molar refractivity (Wildman–Crippen MR) is 123 cm³/mol. The number of nitrogens with one attached hydrogen (secondary N) is 1. The smallest absolute Gasteiger partial charge is 0.462 e. The zero-order valence-electron chi connectivity index (χ0n) is 20.0. The highest BCUT2D eigenvalue weighted by molar-refractivity contribution is 7.93. The minimum Gasteiger partial charge on any atom is -0.462 e. The third-order valence-corrected chi connectivity index (χ3v) is 6.34. The number of alkyl halides is 6. The number of halogens is 6. The average Bonchev–Trinajstić information content (AvgIpc) is 2.82. The number of anilines is 2. The molecule has 17 heteroatoms. The summed E-state index contributed by atoms with van der Waals surface area (Å²) in [6.45, 7) is 4.22. The summed E-state index contributed by atoms with van der Waals surface area (Å²) in [4.78, 5) is 20.5. The largest absolute Gasteiger partial charge is 0.516 e. The van der Waals surface area contributed by atoms with Crippen LogP contribution >= 0.6 is 0 Å². The van der Waals surface area contributed by atoms with Gasteiger partial charge in [-0.3, -0.25) is 4.72 Å². The van der Waals surface area contributed by atoms with Gasteiger partial charge >= 0.3 is 27.7 Å². The topological polar surface area (TPSA) is 126 Å². The molecule has 0 saturated heterocycles. The summed E-state index contributed by atoms with van der Waals surface area (Å²) in [6.07, 6.45) is -2.66. The fraction of sp³-hybridized carbons (Fsp3) is 0.476. The number of carbonyl (C=O) groups excluding carboxylic acids is 1. The summed E-state index contributed by atoms with van der Waals surface area (Å²) in [6, 6.07) is 2.47. The molecule has 0 aliphatic carbocycles. The Morgan fingerprint density at radius 2 is 1.87 bits per heavy atom.